The Morgan fingerprint density at radius 2 is 1.67 bits per heavy atom. The molecule has 7 rings (SSSR count). The smallest absolute Gasteiger partial charge is 0.397 e. The summed E-state index contributed by atoms with van der Waals surface area (Å²) in [5.41, 5.74) is 11.5. The fourth-order valence-corrected chi connectivity index (χ4v) is 7.85. The Kier molecular flexibility index (Phi) is 7.32. The van der Waals surface area contributed by atoms with E-state index >= 15 is 4.39 Å². The van der Waals surface area contributed by atoms with E-state index in [0.29, 0.717) is 0 Å². The van der Waals surface area contributed by atoms with Gasteiger partial charge in [0.15, 0.2) is 29.2 Å². The Bertz CT molecular complexity index is 1940. The second kappa shape index (κ2) is 10.9. The number of nitrogens with one attached hydrogen (secondary N) is 1. The number of fused-ring (bicyclic) bond motifs is 5. The molecule has 0 aromatic carbocycles. The summed E-state index contributed by atoms with van der Waals surface area (Å²) in [6.45, 7) is -1.49. The average Bonchev–Trinajstić information content (AvgIpc) is 3.72. The Morgan fingerprint density at radius 1 is 0.978 bits per heavy atom. The van der Waals surface area contributed by atoms with Crippen LogP contribution in [0.15, 0.2) is 29.7 Å². The molecule has 3 fully saturated rings. The molecule has 2 aliphatic heterocycles. The third kappa shape index (κ3) is 5.34. The third-order valence-corrected chi connectivity index (χ3v) is 9.92. The molecule has 45 heavy (non-hydrogen) atoms. The number of nitrogen functional groups attached to an aromatic ring is 2. The summed E-state index contributed by atoms with van der Waals surface area (Å²) in [5, 5.41) is 11.1. The van der Waals surface area contributed by atoms with Crippen LogP contribution in [0.5, 0.6) is 0 Å². The number of aliphatic hydroxyl groups is 1. The normalized spacial score (nSPS) is 37.7. The lowest BCUT2D eigenvalue weighted by atomic mass is 10.1. The van der Waals surface area contributed by atoms with E-state index in [-0.39, 0.29) is 40.4 Å². The highest BCUT2D eigenvalue weighted by Gasteiger charge is 2.54. The number of aliphatic hydroxyl groups excluding tert-OH is 1. The van der Waals surface area contributed by atoms with Gasteiger partial charge in [0.1, 0.15) is 23.8 Å². The number of aromatic amines is 1. The molecule has 3 aliphatic rings. The number of nitrogens with two attached hydrogens (primary N) is 2. The van der Waals surface area contributed by atoms with Gasteiger partial charge in [-0.05, 0) is 12.5 Å². The minimum Gasteiger partial charge on any atom is -0.397 e. The first-order chi connectivity index (χ1) is 21.3. The van der Waals surface area contributed by atoms with Crippen molar-refractivity contribution < 1.29 is 51.2 Å². The zero-order chi connectivity index (χ0) is 31.8. The number of H-pyrrole nitrogens is 1. The standard InChI is InChI=1S/C22H26FN9O11P2/c23-12-17-11(41-21(12)32-7-27-13-9(24)1-2-26-18(13)32)5-40-45(37,38)42-16-10(3-8(15(16)33)4-39-44(35,36)43-17)31-6-28-14-19(31)29-22(25)30-20(14)34/h1-2,6-8,10-12,15-17,21,33H,3-5H2,(H2,24,26)(H,35,36)(H,37,38)(H3,25,29,30,34)/t8-,10?,11?,12-,15-,16+,17-,21-/m1/s1. The number of ether oxygens (including phenoxy) is 1. The fraction of sp³-hybridized carbons (Fsp3) is 0.500. The molecule has 1 saturated carbocycles. The number of anilines is 2. The predicted octanol–water partition coefficient (Wildman–Crippen LogP) is -0.0957. The van der Waals surface area contributed by atoms with Crippen molar-refractivity contribution in [3.05, 3.63) is 35.3 Å². The molecule has 8 N–H and O–H groups in total. The number of phosphoric acid groups is 2. The number of imidazole rings is 2. The number of alkyl halides is 1. The number of aromatic nitrogens is 7. The molecule has 6 heterocycles. The molecule has 4 unspecified atom stereocenters. The average molecular weight is 673 g/mol. The van der Waals surface area contributed by atoms with Gasteiger partial charge in [0.05, 0.1) is 43.7 Å². The van der Waals surface area contributed by atoms with E-state index in [0.717, 1.165) is 0 Å². The number of phosphoric ester groups is 2. The van der Waals surface area contributed by atoms with Gasteiger partial charge in [-0.25, -0.2) is 28.5 Å². The van der Waals surface area contributed by atoms with Crippen LogP contribution in [-0.4, -0.2) is 92.7 Å². The first-order valence-corrected chi connectivity index (χ1v) is 16.4. The van der Waals surface area contributed by atoms with Gasteiger partial charge in [-0.15, -0.1) is 0 Å². The van der Waals surface area contributed by atoms with Crippen LogP contribution < -0.4 is 17.0 Å². The van der Waals surface area contributed by atoms with Gasteiger partial charge in [0.25, 0.3) is 5.56 Å². The van der Waals surface area contributed by atoms with Crippen LogP contribution in [0.2, 0.25) is 0 Å². The second-order valence-electron chi connectivity index (χ2n) is 10.7. The van der Waals surface area contributed by atoms with E-state index in [4.69, 9.17) is 34.3 Å². The number of halogens is 1. The van der Waals surface area contributed by atoms with Crippen LogP contribution >= 0.6 is 15.6 Å². The molecule has 10 atom stereocenters. The van der Waals surface area contributed by atoms with Crippen molar-refractivity contribution in [2.24, 2.45) is 5.92 Å². The van der Waals surface area contributed by atoms with Crippen molar-refractivity contribution in [3.8, 4) is 0 Å². The van der Waals surface area contributed by atoms with Crippen LogP contribution in [0.4, 0.5) is 16.0 Å². The fourth-order valence-electron chi connectivity index (χ4n) is 5.88. The summed E-state index contributed by atoms with van der Waals surface area (Å²) >= 11 is 0. The molecule has 2 bridgehead atoms. The van der Waals surface area contributed by atoms with E-state index < -0.39 is 83.2 Å². The molecule has 0 spiro atoms. The summed E-state index contributed by atoms with van der Waals surface area (Å²) in [7, 11) is -10.1. The highest BCUT2D eigenvalue weighted by molar-refractivity contribution is 7.47. The highest BCUT2D eigenvalue weighted by atomic mass is 31.2. The maximum atomic E-state index is 15.9. The van der Waals surface area contributed by atoms with Crippen molar-refractivity contribution in [2.45, 2.75) is 49.3 Å². The Labute approximate surface area is 250 Å². The Balaban J connectivity index is 1.21. The van der Waals surface area contributed by atoms with E-state index in [1.165, 1.54) is 34.1 Å². The van der Waals surface area contributed by atoms with Crippen molar-refractivity contribution >= 4 is 49.6 Å². The van der Waals surface area contributed by atoms with Crippen molar-refractivity contribution in [3.63, 3.8) is 0 Å². The number of hydrogen-bond donors (Lipinski definition) is 6. The number of rotatable bonds is 2. The molecule has 2 saturated heterocycles. The zero-order valence-corrected chi connectivity index (χ0v) is 24.6. The highest BCUT2D eigenvalue weighted by Crippen LogP contribution is 2.55. The van der Waals surface area contributed by atoms with Gasteiger partial charge >= 0.3 is 15.6 Å². The molecule has 20 nitrogen and oxygen atoms in total. The number of hydrogen-bond acceptors (Lipinski definition) is 15. The lowest BCUT2D eigenvalue weighted by molar-refractivity contribution is -0.0509. The zero-order valence-electron chi connectivity index (χ0n) is 22.8. The van der Waals surface area contributed by atoms with Crippen LogP contribution in [-0.2, 0) is 32.0 Å². The van der Waals surface area contributed by atoms with Gasteiger partial charge in [-0.1, -0.05) is 0 Å². The van der Waals surface area contributed by atoms with Crippen LogP contribution in [0.25, 0.3) is 22.3 Å². The minimum atomic E-state index is -5.07. The molecule has 1 aliphatic carbocycles. The second-order valence-corrected chi connectivity index (χ2v) is 13.5. The molecule has 4 aromatic rings. The summed E-state index contributed by atoms with van der Waals surface area (Å²) in [6, 6.07) is 0.477. The van der Waals surface area contributed by atoms with Crippen LogP contribution in [0.3, 0.4) is 0 Å². The number of nitrogens with zero attached hydrogens (tertiary/aromatic N) is 6. The van der Waals surface area contributed by atoms with E-state index in [2.05, 4.69) is 24.9 Å². The van der Waals surface area contributed by atoms with E-state index in [9.17, 15) is 28.8 Å². The van der Waals surface area contributed by atoms with Gasteiger partial charge in [-0.2, -0.15) is 4.98 Å². The lowest BCUT2D eigenvalue weighted by Gasteiger charge is -2.26. The largest absolute Gasteiger partial charge is 0.472 e. The van der Waals surface area contributed by atoms with Crippen LogP contribution in [0, 0.1) is 5.92 Å². The summed E-state index contributed by atoms with van der Waals surface area (Å²) < 4.78 is 71.4. The van der Waals surface area contributed by atoms with E-state index in [1.807, 2.05) is 0 Å². The maximum absolute atomic E-state index is 15.9. The lowest BCUT2D eigenvalue weighted by Crippen LogP contribution is -2.34. The molecule has 0 amide bonds. The topological polar surface area (TPSA) is 287 Å². The molecule has 0 radical (unpaired) electrons. The molecule has 242 valence electrons. The summed E-state index contributed by atoms with van der Waals surface area (Å²) in [4.78, 5) is 52.3. The van der Waals surface area contributed by atoms with Gasteiger partial charge in [-0.3, -0.25) is 32.4 Å². The number of pyridine rings is 1. The van der Waals surface area contributed by atoms with Crippen molar-refractivity contribution in [2.75, 3.05) is 24.7 Å². The van der Waals surface area contributed by atoms with Crippen LogP contribution in [0.1, 0.15) is 18.7 Å². The minimum absolute atomic E-state index is 0.0138. The van der Waals surface area contributed by atoms with Gasteiger partial charge in [0.2, 0.25) is 5.95 Å². The monoisotopic (exact) mass is 673 g/mol. The SMILES string of the molecule is Nc1nc2c(ncn2C2C[C@@H]3COP(=O)(O)O[C@@H]4C(COP(=O)(O)O[C@@H]2[C@@H]3O)O[C@@H](n2cnc3c(N)ccnc32)[C@@H]4F)c(=O)[nH]1. The van der Waals surface area contributed by atoms with Crippen molar-refractivity contribution in [1.82, 2.24) is 34.1 Å². The summed E-state index contributed by atoms with van der Waals surface area (Å²) in [5.74, 6) is -1.24. The molecule has 4 aromatic heterocycles. The maximum Gasteiger partial charge on any atom is 0.472 e. The molecular formula is C22H26FN9O11P2. The van der Waals surface area contributed by atoms with Gasteiger partial charge in [0, 0.05) is 12.1 Å². The molecule has 23 heteroatoms. The summed E-state index contributed by atoms with van der Waals surface area (Å²) in [6.07, 6.45) is -6.47. The first kappa shape index (κ1) is 30.3. The third-order valence-electron chi connectivity index (χ3n) is 7.95. The van der Waals surface area contributed by atoms with E-state index in [1.54, 1.807) is 0 Å². The van der Waals surface area contributed by atoms with Crippen molar-refractivity contribution in [1.29, 1.82) is 0 Å². The Hall–Kier alpha value is -3.36. The predicted molar refractivity (Wildman–Crippen MR) is 148 cm³/mol. The van der Waals surface area contributed by atoms with Gasteiger partial charge < -0.3 is 35.7 Å². The first-order valence-electron chi connectivity index (χ1n) is 13.4. The quantitative estimate of drug-likeness (QED) is 0.151. The molecular weight excluding hydrogens is 647 g/mol. The Morgan fingerprint density at radius 3 is 2.44 bits per heavy atom.